The van der Waals surface area contributed by atoms with Crippen LogP contribution in [0.25, 0.3) is 0 Å². The second-order valence-electron chi connectivity index (χ2n) is 5.73. The van der Waals surface area contributed by atoms with Crippen molar-refractivity contribution in [3.63, 3.8) is 0 Å². The molecule has 1 heterocycles. The highest BCUT2D eigenvalue weighted by molar-refractivity contribution is 9.10. The lowest BCUT2D eigenvalue weighted by Crippen LogP contribution is -2.44. The van der Waals surface area contributed by atoms with Crippen molar-refractivity contribution in [1.82, 2.24) is 9.88 Å². The Morgan fingerprint density at radius 3 is 2.63 bits per heavy atom. The summed E-state index contributed by atoms with van der Waals surface area (Å²) in [6.45, 7) is 8.99. The highest BCUT2D eigenvalue weighted by atomic mass is 79.9. The van der Waals surface area contributed by atoms with Crippen molar-refractivity contribution in [2.24, 2.45) is 5.41 Å². The highest BCUT2D eigenvalue weighted by Gasteiger charge is 2.26. The summed E-state index contributed by atoms with van der Waals surface area (Å²) in [5.74, 6) is -0.0964. The molecule has 0 fully saturated rings. The van der Waals surface area contributed by atoms with Crippen LogP contribution in [-0.2, 0) is 6.54 Å². The monoisotopic (exact) mass is 330 g/mol. The van der Waals surface area contributed by atoms with Gasteiger partial charge in [-0.25, -0.2) is 0 Å². The first-order valence-corrected chi connectivity index (χ1v) is 7.36. The number of aliphatic hydroxyl groups is 1. The Labute approximate surface area is 123 Å². The van der Waals surface area contributed by atoms with Gasteiger partial charge in [-0.3, -0.25) is 4.79 Å². The lowest BCUT2D eigenvalue weighted by Gasteiger charge is -2.31. The summed E-state index contributed by atoms with van der Waals surface area (Å²) in [6, 6.07) is 1.77. The molecule has 0 aliphatic rings. The van der Waals surface area contributed by atoms with Gasteiger partial charge in [0.15, 0.2) is 0 Å². The van der Waals surface area contributed by atoms with Crippen molar-refractivity contribution in [2.75, 3.05) is 6.61 Å². The van der Waals surface area contributed by atoms with Crippen LogP contribution in [0.1, 0.15) is 44.6 Å². The van der Waals surface area contributed by atoms with Crippen LogP contribution in [0, 0.1) is 5.41 Å². The number of nitrogens with zero attached hydrogens (tertiary/aromatic N) is 1. The minimum atomic E-state index is -0.0964. The van der Waals surface area contributed by atoms with Gasteiger partial charge in [0.05, 0.1) is 0 Å². The SMILES string of the molecule is CCn1cc(Br)cc1C(=O)NC(CCO)C(C)(C)C. The lowest BCUT2D eigenvalue weighted by atomic mass is 9.85. The smallest absolute Gasteiger partial charge is 0.268 e. The average molecular weight is 331 g/mol. The first kappa shape index (κ1) is 16.2. The van der Waals surface area contributed by atoms with Crippen LogP contribution in [0.5, 0.6) is 0 Å². The van der Waals surface area contributed by atoms with E-state index in [1.54, 1.807) is 0 Å². The van der Waals surface area contributed by atoms with E-state index in [4.69, 9.17) is 5.11 Å². The zero-order chi connectivity index (χ0) is 14.6. The molecule has 2 N–H and O–H groups in total. The fraction of sp³-hybridized carbons (Fsp3) is 0.643. The maximum Gasteiger partial charge on any atom is 0.268 e. The number of carbonyl (C=O) groups is 1. The summed E-state index contributed by atoms with van der Waals surface area (Å²) in [4.78, 5) is 12.3. The molecular weight excluding hydrogens is 308 g/mol. The molecule has 19 heavy (non-hydrogen) atoms. The first-order valence-electron chi connectivity index (χ1n) is 6.57. The minimum Gasteiger partial charge on any atom is -0.396 e. The normalized spacial score (nSPS) is 13.4. The predicted octanol–water partition coefficient (Wildman–Crippen LogP) is 2.80. The number of carbonyl (C=O) groups excluding carboxylic acids is 1. The zero-order valence-corrected chi connectivity index (χ0v) is 13.6. The van der Waals surface area contributed by atoms with Crippen molar-refractivity contribution in [3.8, 4) is 0 Å². The van der Waals surface area contributed by atoms with Crippen LogP contribution >= 0.6 is 15.9 Å². The molecule has 1 aromatic rings. The van der Waals surface area contributed by atoms with Gasteiger partial charge in [0.25, 0.3) is 5.91 Å². The molecule has 0 aromatic carbocycles. The molecule has 1 unspecified atom stereocenters. The number of nitrogens with one attached hydrogen (secondary N) is 1. The number of hydrogen-bond acceptors (Lipinski definition) is 2. The van der Waals surface area contributed by atoms with E-state index in [2.05, 4.69) is 42.0 Å². The fourth-order valence-corrected chi connectivity index (χ4v) is 2.47. The fourth-order valence-electron chi connectivity index (χ4n) is 2.01. The van der Waals surface area contributed by atoms with E-state index in [9.17, 15) is 4.79 Å². The quantitative estimate of drug-likeness (QED) is 0.872. The summed E-state index contributed by atoms with van der Waals surface area (Å²) >= 11 is 3.39. The molecule has 0 aliphatic carbocycles. The minimum absolute atomic E-state index is 0.0519. The second-order valence-corrected chi connectivity index (χ2v) is 6.65. The van der Waals surface area contributed by atoms with Gasteiger partial charge in [-0.15, -0.1) is 0 Å². The van der Waals surface area contributed by atoms with Crippen LogP contribution in [0.3, 0.4) is 0 Å². The lowest BCUT2D eigenvalue weighted by molar-refractivity contribution is 0.0876. The second kappa shape index (κ2) is 6.57. The van der Waals surface area contributed by atoms with E-state index in [0.717, 1.165) is 11.0 Å². The molecule has 108 valence electrons. The molecule has 0 bridgehead atoms. The Balaban J connectivity index is 2.87. The molecule has 1 aromatic heterocycles. The Hall–Kier alpha value is -0.810. The van der Waals surface area contributed by atoms with Crippen molar-refractivity contribution in [3.05, 3.63) is 22.4 Å². The van der Waals surface area contributed by atoms with Gasteiger partial charge in [-0.05, 0) is 40.8 Å². The maximum absolute atomic E-state index is 12.3. The summed E-state index contributed by atoms with van der Waals surface area (Å²) < 4.78 is 2.80. The van der Waals surface area contributed by atoms with Gasteiger partial charge in [0.1, 0.15) is 5.69 Å². The molecule has 4 nitrogen and oxygen atoms in total. The molecule has 5 heteroatoms. The van der Waals surface area contributed by atoms with Gasteiger partial charge in [0, 0.05) is 29.9 Å². The molecule has 0 radical (unpaired) electrons. The van der Waals surface area contributed by atoms with E-state index in [-0.39, 0.29) is 24.0 Å². The van der Waals surface area contributed by atoms with Crippen LogP contribution < -0.4 is 5.32 Å². The van der Waals surface area contributed by atoms with E-state index in [0.29, 0.717) is 12.1 Å². The van der Waals surface area contributed by atoms with Crippen molar-refractivity contribution in [2.45, 2.75) is 46.7 Å². The Bertz CT molecular complexity index is 435. The molecule has 1 atom stereocenters. The number of rotatable bonds is 5. The first-order chi connectivity index (χ1) is 8.79. The number of amides is 1. The zero-order valence-electron chi connectivity index (χ0n) is 12.0. The average Bonchev–Trinajstić information content (AvgIpc) is 2.68. The molecule has 0 aliphatic heterocycles. The van der Waals surface area contributed by atoms with E-state index in [1.807, 2.05) is 23.8 Å². The summed E-state index contributed by atoms with van der Waals surface area (Å²) in [6.07, 6.45) is 2.45. The van der Waals surface area contributed by atoms with Gasteiger partial charge in [-0.2, -0.15) is 0 Å². The van der Waals surface area contributed by atoms with E-state index < -0.39 is 0 Å². The number of aryl methyl sites for hydroxylation is 1. The molecule has 1 rings (SSSR count). The Morgan fingerprint density at radius 1 is 1.53 bits per heavy atom. The number of aromatic nitrogens is 1. The van der Waals surface area contributed by atoms with E-state index in [1.165, 1.54) is 0 Å². The van der Waals surface area contributed by atoms with Gasteiger partial charge >= 0.3 is 0 Å². The highest BCUT2D eigenvalue weighted by Crippen LogP contribution is 2.22. The Kier molecular flexibility index (Phi) is 5.62. The third kappa shape index (κ3) is 4.35. The Morgan fingerprint density at radius 2 is 2.16 bits per heavy atom. The summed E-state index contributed by atoms with van der Waals surface area (Å²) in [5.41, 5.74) is 0.556. The largest absolute Gasteiger partial charge is 0.396 e. The molecule has 0 saturated heterocycles. The maximum atomic E-state index is 12.3. The molecule has 0 saturated carbocycles. The van der Waals surface area contributed by atoms with Crippen molar-refractivity contribution < 1.29 is 9.90 Å². The van der Waals surface area contributed by atoms with Crippen LogP contribution in [-0.4, -0.2) is 28.2 Å². The van der Waals surface area contributed by atoms with Gasteiger partial charge in [-0.1, -0.05) is 20.8 Å². The third-order valence-corrected chi connectivity index (χ3v) is 3.64. The molecular formula is C14H23BrN2O2. The number of hydrogen-bond donors (Lipinski definition) is 2. The third-order valence-electron chi connectivity index (χ3n) is 3.21. The van der Waals surface area contributed by atoms with E-state index >= 15 is 0 Å². The van der Waals surface area contributed by atoms with Gasteiger partial charge in [0.2, 0.25) is 0 Å². The van der Waals surface area contributed by atoms with Crippen molar-refractivity contribution in [1.29, 1.82) is 0 Å². The van der Waals surface area contributed by atoms with Crippen LogP contribution in [0.4, 0.5) is 0 Å². The molecule has 1 amide bonds. The number of halogens is 1. The number of aliphatic hydroxyl groups excluding tert-OH is 1. The summed E-state index contributed by atoms with van der Waals surface area (Å²) in [7, 11) is 0. The predicted molar refractivity (Wildman–Crippen MR) is 80.2 cm³/mol. The van der Waals surface area contributed by atoms with Crippen LogP contribution in [0.15, 0.2) is 16.7 Å². The standard InChI is InChI=1S/C14H23BrN2O2/c1-5-17-9-10(15)8-11(17)13(19)16-12(6-7-18)14(2,3)4/h8-9,12,18H,5-7H2,1-4H3,(H,16,19). The van der Waals surface area contributed by atoms with Gasteiger partial charge < -0.3 is 15.0 Å². The summed E-state index contributed by atoms with van der Waals surface area (Å²) in [5, 5.41) is 12.1. The van der Waals surface area contributed by atoms with Crippen LogP contribution in [0.2, 0.25) is 0 Å². The van der Waals surface area contributed by atoms with Crippen molar-refractivity contribution >= 4 is 21.8 Å². The topological polar surface area (TPSA) is 54.3 Å². The molecule has 0 spiro atoms.